The molecule has 0 atom stereocenters. The maximum absolute atomic E-state index is 12.7. The van der Waals surface area contributed by atoms with E-state index in [9.17, 15) is 9.90 Å². The Morgan fingerprint density at radius 1 is 0.938 bits per heavy atom. The van der Waals surface area contributed by atoms with Gasteiger partial charge in [0.05, 0.1) is 19.8 Å². The number of rotatable bonds is 7. The number of anilines is 1. The lowest BCUT2D eigenvalue weighted by molar-refractivity contribution is -0.112. The average molecular weight is 448 g/mol. The van der Waals surface area contributed by atoms with E-state index >= 15 is 0 Å². The monoisotopic (exact) mass is 447 g/mol. The van der Waals surface area contributed by atoms with Crippen molar-refractivity contribution in [2.45, 2.75) is 17.7 Å². The summed E-state index contributed by atoms with van der Waals surface area (Å²) in [4.78, 5) is 13.7. The third-order valence-corrected chi connectivity index (χ3v) is 6.50. The van der Waals surface area contributed by atoms with Crippen LogP contribution >= 0.6 is 11.8 Å². The van der Waals surface area contributed by atoms with Crippen LogP contribution in [0.5, 0.6) is 11.5 Å². The average Bonchev–Trinajstić information content (AvgIpc) is 2.83. The SMILES string of the molecule is COc1cc(CCc2ccc(NC(=O)C3=C(O)c4ccccc4SC3)cc2)cc(OC)c1. The second-order valence-corrected chi connectivity index (χ2v) is 8.50. The Balaban J connectivity index is 1.40. The minimum absolute atomic E-state index is 0.0576. The zero-order valence-electron chi connectivity index (χ0n) is 18.1. The van der Waals surface area contributed by atoms with E-state index in [2.05, 4.69) is 5.32 Å². The number of thioether (sulfide) groups is 1. The molecule has 1 aliphatic heterocycles. The number of hydrogen-bond acceptors (Lipinski definition) is 5. The normalized spacial score (nSPS) is 12.8. The number of nitrogens with one attached hydrogen (secondary N) is 1. The van der Waals surface area contributed by atoms with E-state index in [1.807, 2.05) is 66.7 Å². The maximum Gasteiger partial charge on any atom is 0.256 e. The molecule has 0 saturated heterocycles. The number of hydrogen-bond donors (Lipinski definition) is 2. The molecular formula is C26H25NO4S. The van der Waals surface area contributed by atoms with Crippen LogP contribution in [-0.2, 0) is 17.6 Å². The first-order valence-electron chi connectivity index (χ1n) is 10.3. The summed E-state index contributed by atoms with van der Waals surface area (Å²) in [7, 11) is 3.29. The van der Waals surface area contributed by atoms with Crippen molar-refractivity contribution >= 4 is 29.1 Å². The Hall–Kier alpha value is -3.38. The van der Waals surface area contributed by atoms with Gasteiger partial charge in [-0.3, -0.25) is 4.79 Å². The Morgan fingerprint density at radius 3 is 2.28 bits per heavy atom. The van der Waals surface area contributed by atoms with Crippen LogP contribution in [0.25, 0.3) is 5.76 Å². The standard InChI is InChI=1S/C26H25NO4S/c1-30-20-13-18(14-21(15-20)31-2)8-7-17-9-11-19(12-10-17)27-26(29)23-16-32-24-6-4-3-5-22(24)25(23)28/h3-6,9-15,28H,7-8,16H2,1-2H3,(H,27,29). The van der Waals surface area contributed by atoms with E-state index in [1.54, 1.807) is 26.0 Å². The number of aliphatic hydroxyl groups is 1. The molecular weight excluding hydrogens is 422 g/mol. The van der Waals surface area contributed by atoms with Gasteiger partial charge in [0.1, 0.15) is 17.3 Å². The van der Waals surface area contributed by atoms with Crippen LogP contribution in [0.4, 0.5) is 5.69 Å². The smallest absolute Gasteiger partial charge is 0.256 e. The van der Waals surface area contributed by atoms with Crippen molar-refractivity contribution in [2.75, 3.05) is 25.3 Å². The highest BCUT2D eigenvalue weighted by Gasteiger charge is 2.23. The quantitative estimate of drug-likeness (QED) is 0.500. The summed E-state index contributed by atoms with van der Waals surface area (Å²) in [6, 6.07) is 21.2. The number of fused-ring (bicyclic) bond motifs is 1. The minimum Gasteiger partial charge on any atom is -0.507 e. The van der Waals surface area contributed by atoms with E-state index in [1.165, 1.54) is 0 Å². The maximum atomic E-state index is 12.7. The number of benzene rings is 3. The summed E-state index contributed by atoms with van der Waals surface area (Å²) < 4.78 is 10.7. The number of aliphatic hydroxyl groups excluding tert-OH is 1. The van der Waals surface area contributed by atoms with Crippen molar-refractivity contribution in [1.82, 2.24) is 0 Å². The lowest BCUT2D eigenvalue weighted by Crippen LogP contribution is -2.19. The van der Waals surface area contributed by atoms with Crippen LogP contribution in [0.15, 0.2) is 77.2 Å². The Bertz CT molecular complexity index is 1130. The van der Waals surface area contributed by atoms with Gasteiger partial charge in [-0.05, 0) is 54.3 Å². The van der Waals surface area contributed by atoms with Gasteiger partial charge in [-0.2, -0.15) is 0 Å². The Labute approximate surface area is 192 Å². The molecule has 3 aromatic carbocycles. The third-order valence-electron chi connectivity index (χ3n) is 5.40. The summed E-state index contributed by atoms with van der Waals surface area (Å²) in [6.45, 7) is 0. The topological polar surface area (TPSA) is 67.8 Å². The molecule has 164 valence electrons. The van der Waals surface area contributed by atoms with Gasteiger partial charge >= 0.3 is 0 Å². The van der Waals surface area contributed by atoms with Gasteiger partial charge in [0.25, 0.3) is 5.91 Å². The largest absolute Gasteiger partial charge is 0.507 e. The highest BCUT2D eigenvalue weighted by Crippen LogP contribution is 2.36. The molecule has 0 spiro atoms. The zero-order valence-corrected chi connectivity index (χ0v) is 18.9. The fourth-order valence-corrected chi connectivity index (χ4v) is 4.67. The number of ether oxygens (including phenoxy) is 2. The fraction of sp³-hybridized carbons (Fsp3) is 0.192. The Kier molecular flexibility index (Phi) is 6.71. The number of aryl methyl sites for hydroxylation is 2. The first kappa shape index (κ1) is 21.8. The molecule has 1 aliphatic rings. The van der Waals surface area contributed by atoms with Gasteiger partial charge in [-0.25, -0.2) is 0 Å². The first-order valence-corrected chi connectivity index (χ1v) is 11.3. The molecule has 0 unspecified atom stereocenters. The number of carbonyl (C=O) groups is 1. The molecule has 4 rings (SSSR count). The van der Waals surface area contributed by atoms with E-state index in [0.717, 1.165) is 40.4 Å². The van der Waals surface area contributed by atoms with Crippen LogP contribution in [-0.4, -0.2) is 31.0 Å². The molecule has 0 bridgehead atoms. The van der Waals surface area contributed by atoms with Crippen molar-refractivity contribution in [2.24, 2.45) is 0 Å². The van der Waals surface area contributed by atoms with Crippen LogP contribution in [0.1, 0.15) is 16.7 Å². The molecule has 32 heavy (non-hydrogen) atoms. The molecule has 1 amide bonds. The van der Waals surface area contributed by atoms with Gasteiger partial charge in [0.15, 0.2) is 0 Å². The third kappa shape index (κ3) is 4.92. The van der Waals surface area contributed by atoms with Crippen molar-refractivity contribution in [3.05, 3.63) is 89.0 Å². The second-order valence-electron chi connectivity index (χ2n) is 7.48. The minimum atomic E-state index is -0.277. The van der Waals surface area contributed by atoms with E-state index in [0.29, 0.717) is 22.6 Å². The Morgan fingerprint density at radius 2 is 1.59 bits per heavy atom. The molecule has 3 aromatic rings. The van der Waals surface area contributed by atoms with Crippen molar-refractivity contribution < 1.29 is 19.4 Å². The second kappa shape index (κ2) is 9.83. The molecule has 6 heteroatoms. The number of carbonyl (C=O) groups excluding carboxylic acids is 1. The van der Waals surface area contributed by atoms with Crippen molar-refractivity contribution in [3.63, 3.8) is 0 Å². The summed E-state index contributed by atoms with van der Waals surface area (Å²) in [5.74, 6) is 1.77. The summed E-state index contributed by atoms with van der Waals surface area (Å²) in [5.41, 5.74) is 4.10. The predicted octanol–water partition coefficient (Wildman–Crippen LogP) is 5.50. The van der Waals surface area contributed by atoms with Crippen molar-refractivity contribution in [3.8, 4) is 11.5 Å². The van der Waals surface area contributed by atoms with Gasteiger partial charge < -0.3 is 19.9 Å². The van der Waals surface area contributed by atoms with E-state index < -0.39 is 0 Å². The molecule has 0 aliphatic carbocycles. The van der Waals surface area contributed by atoms with Gasteiger partial charge in [-0.1, -0.05) is 30.3 Å². The molecule has 0 radical (unpaired) electrons. The van der Waals surface area contributed by atoms with E-state index in [-0.39, 0.29) is 11.7 Å². The molecule has 1 heterocycles. The fourth-order valence-electron chi connectivity index (χ4n) is 3.60. The lowest BCUT2D eigenvalue weighted by atomic mass is 10.0. The highest BCUT2D eigenvalue weighted by atomic mass is 32.2. The van der Waals surface area contributed by atoms with Gasteiger partial charge in [-0.15, -0.1) is 11.8 Å². The summed E-state index contributed by atoms with van der Waals surface area (Å²) >= 11 is 1.55. The van der Waals surface area contributed by atoms with Crippen molar-refractivity contribution in [1.29, 1.82) is 0 Å². The van der Waals surface area contributed by atoms with Crippen LogP contribution in [0.3, 0.4) is 0 Å². The summed E-state index contributed by atoms with van der Waals surface area (Å²) in [6.07, 6.45) is 1.70. The first-order chi connectivity index (χ1) is 15.6. The van der Waals surface area contributed by atoms with Crippen LogP contribution in [0, 0.1) is 0 Å². The molecule has 5 nitrogen and oxygen atoms in total. The lowest BCUT2D eigenvalue weighted by Gasteiger charge is -2.18. The predicted molar refractivity (Wildman–Crippen MR) is 129 cm³/mol. The van der Waals surface area contributed by atoms with Gasteiger partial charge in [0, 0.05) is 28.0 Å². The summed E-state index contributed by atoms with van der Waals surface area (Å²) in [5, 5.41) is 13.5. The number of methoxy groups -OCH3 is 2. The molecule has 0 fully saturated rings. The molecule has 0 aromatic heterocycles. The zero-order chi connectivity index (χ0) is 22.5. The van der Waals surface area contributed by atoms with E-state index in [4.69, 9.17) is 9.47 Å². The van der Waals surface area contributed by atoms with Gasteiger partial charge in [0.2, 0.25) is 0 Å². The van der Waals surface area contributed by atoms with Crippen LogP contribution < -0.4 is 14.8 Å². The van der Waals surface area contributed by atoms with Crippen LogP contribution in [0.2, 0.25) is 0 Å². The highest BCUT2D eigenvalue weighted by molar-refractivity contribution is 7.99. The number of amides is 1. The molecule has 2 N–H and O–H groups in total. The molecule has 0 saturated carbocycles.